The number of ether oxygens (including phenoxy) is 3. The van der Waals surface area contributed by atoms with E-state index in [1.54, 1.807) is 21.0 Å². The third kappa shape index (κ3) is 10.7. The first-order valence-corrected chi connectivity index (χ1v) is 14.2. The normalized spacial score (nSPS) is 30.4. The Hall–Kier alpha value is -2.17. The molecule has 0 aliphatic carbocycles. The Morgan fingerprint density at radius 2 is 1.54 bits per heavy atom. The smallest absolute Gasteiger partial charge is 0.316 e. The summed E-state index contributed by atoms with van der Waals surface area (Å²) in [4.78, 5) is 49.6. The average Bonchev–Trinajstić information content (AvgIpc) is 2.98. The van der Waals surface area contributed by atoms with Crippen molar-refractivity contribution in [2.45, 2.75) is 86.2 Å². The molecule has 1 N–H and O–H groups in total. The van der Waals surface area contributed by atoms with E-state index in [9.17, 15) is 14.4 Å². The Morgan fingerprint density at radius 1 is 0.923 bits per heavy atom. The monoisotopic (exact) mass is 551 g/mol. The third-order valence-corrected chi connectivity index (χ3v) is 6.89. The second-order valence-corrected chi connectivity index (χ2v) is 9.52. The number of fused-ring (bicyclic) bond motifs is 1. The summed E-state index contributed by atoms with van der Waals surface area (Å²) >= 11 is 0. The number of ketones is 2. The summed E-state index contributed by atoms with van der Waals surface area (Å²) in [7, 11) is 1.57. The molecule has 0 saturated carbocycles. The maximum absolute atomic E-state index is 13.7. The average molecular weight is 552 g/mol. The highest BCUT2D eigenvalue weighted by molar-refractivity contribution is 5.99. The molecule has 7 atom stereocenters. The molecule has 2 fully saturated rings. The molecule has 0 amide bonds. The van der Waals surface area contributed by atoms with E-state index in [4.69, 9.17) is 24.0 Å². The molecule has 222 valence electrons. The van der Waals surface area contributed by atoms with Crippen LogP contribution in [0.25, 0.3) is 0 Å². The summed E-state index contributed by atoms with van der Waals surface area (Å²) in [6.45, 7) is 13.6. The van der Waals surface area contributed by atoms with Crippen LogP contribution >= 0.6 is 0 Å². The second kappa shape index (κ2) is 19.0. The van der Waals surface area contributed by atoms with E-state index in [1.165, 1.54) is 0 Å². The van der Waals surface area contributed by atoms with Gasteiger partial charge in [0.25, 0.3) is 0 Å². The van der Waals surface area contributed by atoms with Gasteiger partial charge in [-0.05, 0) is 25.3 Å². The van der Waals surface area contributed by atoms with Crippen LogP contribution in [-0.2, 0) is 45.0 Å². The Balaban J connectivity index is 0.00000181. The fourth-order valence-electron chi connectivity index (χ4n) is 4.72. The Bertz CT molecular complexity index is 849. The van der Waals surface area contributed by atoms with Gasteiger partial charge in [0, 0.05) is 18.9 Å². The van der Waals surface area contributed by atoms with E-state index < -0.39 is 35.9 Å². The zero-order chi connectivity index (χ0) is 29.4. The molecule has 0 spiro atoms. The van der Waals surface area contributed by atoms with Crippen LogP contribution in [0.3, 0.4) is 0 Å². The number of methoxy groups -OCH3 is 1. The van der Waals surface area contributed by atoms with Gasteiger partial charge in [0.1, 0.15) is 36.9 Å². The zero-order valence-corrected chi connectivity index (χ0v) is 24.9. The Kier molecular flexibility index (Phi) is 17.0. The first kappa shape index (κ1) is 34.9. The molecular formula is C30H49NO8. The van der Waals surface area contributed by atoms with Crippen molar-refractivity contribution in [3.05, 3.63) is 35.9 Å². The molecule has 1 aromatic rings. The summed E-state index contributed by atoms with van der Waals surface area (Å²) in [6, 6.07) is 9.22. The van der Waals surface area contributed by atoms with Crippen molar-refractivity contribution in [3.8, 4) is 0 Å². The van der Waals surface area contributed by atoms with Gasteiger partial charge in [-0.25, -0.2) is 9.78 Å². The molecule has 39 heavy (non-hydrogen) atoms. The van der Waals surface area contributed by atoms with Crippen LogP contribution in [0.15, 0.2) is 30.3 Å². The van der Waals surface area contributed by atoms with Crippen LogP contribution < -0.4 is 5.32 Å². The van der Waals surface area contributed by atoms with Crippen LogP contribution in [-0.4, -0.2) is 62.8 Å². The predicted octanol–water partition coefficient (Wildman–Crippen LogP) is 4.52. The number of cyclic esters (lactones) is 1. The highest BCUT2D eigenvalue weighted by Gasteiger charge is 2.41. The molecule has 2 heterocycles. The number of Topliss-reactive ketones (excluding diaryl/α,β-unsaturated/α-hetero) is 2. The van der Waals surface area contributed by atoms with E-state index in [2.05, 4.69) is 5.32 Å². The maximum Gasteiger partial charge on any atom is 0.316 e. The third-order valence-electron chi connectivity index (χ3n) is 6.89. The van der Waals surface area contributed by atoms with Crippen molar-refractivity contribution >= 4 is 17.5 Å². The Morgan fingerprint density at radius 3 is 2.15 bits per heavy atom. The number of hydrogen-bond donors (Lipinski definition) is 1. The van der Waals surface area contributed by atoms with Crippen LogP contribution in [0.5, 0.6) is 0 Å². The molecule has 9 heteroatoms. The quantitative estimate of drug-likeness (QED) is 0.321. The topological polar surface area (TPSA) is 109 Å². The molecule has 1 aromatic carbocycles. The highest BCUT2D eigenvalue weighted by Crippen LogP contribution is 2.26. The number of carbonyl (C=O) groups is 3. The standard InChI is InChI=1S/C26H37NO8.2C2H6/c1-16-10-20(31-4)11-17(2)25(29)21(13-32-12-19-8-6-5-7-9-19)23-22(35-34-15-27-23)14-33-26(30)18(3)24(16)28;2*1-2/h5-9,16-18,20-23,27H,10-15H2,1-4H3;2*1-2H3/t16-,17-,18?,20?,21?,22?,23?;;/m1../s1. The van der Waals surface area contributed by atoms with Crippen LogP contribution in [0, 0.1) is 23.7 Å². The molecule has 3 rings (SSSR count). The van der Waals surface area contributed by atoms with E-state index in [0.717, 1.165) is 5.56 Å². The Labute approximate surface area is 234 Å². The summed E-state index contributed by atoms with van der Waals surface area (Å²) in [5.74, 6) is -3.09. The molecule has 2 aliphatic heterocycles. The lowest BCUT2D eigenvalue weighted by Crippen LogP contribution is -2.57. The largest absolute Gasteiger partial charge is 0.462 e. The molecule has 5 unspecified atom stereocenters. The first-order valence-electron chi connectivity index (χ1n) is 14.2. The predicted molar refractivity (Wildman–Crippen MR) is 149 cm³/mol. The molecular weight excluding hydrogens is 502 g/mol. The number of esters is 1. The minimum Gasteiger partial charge on any atom is -0.462 e. The van der Waals surface area contributed by atoms with Gasteiger partial charge in [0.15, 0.2) is 0 Å². The van der Waals surface area contributed by atoms with Crippen molar-refractivity contribution in [2.24, 2.45) is 23.7 Å². The number of rotatable bonds is 5. The van der Waals surface area contributed by atoms with Gasteiger partial charge in [-0.15, -0.1) is 0 Å². The fourth-order valence-corrected chi connectivity index (χ4v) is 4.72. The second-order valence-electron chi connectivity index (χ2n) is 9.52. The van der Waals surface area contributed by atoms with Gasteiger partial charge in [-0.3, -0.25) is 19.7 Å². The number of nitrogens with one attached hydrogen (secondary N) is 1. The van der Waals surface area contributed by atoms with Gasteiger partial charge < -0.3 is 14.2 Å². The maximum atomic E-state index is 13.7. The lowest BCUT2D eigenvalue weighted by Gasteiger charge is -2.37. The minimum absolute atomic E-state index is 0.0103. The fraction of sp³-hybridized carbons (Fsp3) is 0.700. The van der Waals surface area contributed by atoms with Crippen molar-refractivity contribution < 1.29 is 38.4 Å². The van der Waals surface area contributed by atoms with Gasteiger partial charge in [0.05, 0.1) is 31.3 Å². The van der Waals surface area contributed by atoms with E-state index in [-0.39, 0.29) is 43.5 Å². The van der Waals surface area contributed by atoms with Gasteiger partial charge in [-0.1, -0.05) is 71.9 Å². The number of hydrogen-bond acceptors (Lipinski definition) is 9. The van der Waals surface area contributed by atoms with Gasteiger partial charge in [0.2, 0.25) is 0 Å². The van der Waals surface area contributed by atoms with Crippen LogP contribution in [0.4, 0.5) is 0 Å². The highest BCUT2D eigenvalue weighted by atomic mass is 17.2. The van der Waals surface area contributed by atoms with Crippen LogP contribution in [0.1, 0.15) is 66.9 Å². The molecule has 9 nitrogen and oxygen atoms in total. The zero-order valence-electron chi connectivity index (χ0n) is 24.9. The summed E-state index contributed by atoms with van der Waals surface area (Å²) in [5.41, 5.74) is 1.00. The SMILES string of the molecule is CC.CC.COC1C[C@@H](C)C(=O)C(C)C(=O)OCC2OOCNC2C(COCc2ccccc2)C(=O)[C@H](C)C1. The van der Waals surface area contributed by atoms with Gasteiger partial charge >= 0.3 is 5.97 Å². The molecule has 0 radical (unpaired) electrons. The molecule has 0 bridgehead atoms. The summed E-state index contributed by atoms with van der Waals surface area (Å²) in [6.07, 6.45) is -0.175. The van der Waals surface area contributed by atoms with Crippen molar-refractivity contribution in [1.29, 1.82) is 0 Å². The van der Waals surface area contributed by atoms with E-state index in [1.807, 2.05) is 65.0 Å². The van der Waals surface area contributed by atoms with E-state index in [0.29, 0.717) is 19.4 Å². The summed E-state index contributed by atoms with van der Waals surface area (Å²) in [5, 5.41) is 3.18. The minimum atomic E-state index is -0.912. The molecule has 2 aliphatic rings. The van der Waals surface area contributed by atoms with Crippen molar-refractivity contribution in [1.82, 2.24) is 5.32 Å². The summed E-state index contributed by atoms with van der Waals surface area (Å²) < 4.78 is 17.0. The number of carbonyl (C=O) groups excluding carboxylic acids is 3. The van der Waals surface area contributed by atoms with E-state index >= 15 is 0 Å². The van der Waals surface area contributed by atoms with Crippen LogP contribution in [0.2, 0.25) is 0 Å². The lowest BCUT2D eigenvalue weighted by molar-refractivity contribution is -0.363. The number of benzene rings is 1. The molecule has 0 aromatic heterocycles. The van der Waals surface area contributed by atoms with Crippen molar-refractivity contribution in [2.75, 3.05) is 27.1 Å². The van der Waals surface area contributed by atoms with Gasteiger partial charge in [-0.2, -0.15) is 0 Å². The molecule has 2 saturated heterocycles. The lowest BCUT2D eigenvalue weighted by atomic mass is 9.82. The first-order chi connectivity index (χ1) is 18.8. The van der Waals surface area contributed by atoms with Crippen molar-refractivity contribution in [3.63, 3.8) is 0 Å².